The predicted octanol–water partition coefficient (Wildman–Crippen LogP) is 2.88. The number of hydrogen-bond acceptors (Lipinski definition) is 3. The van der Waals surface area contributed by atoms with Crippen molar-refractivity contribution >= 4 is 0 Å². The number of hydrogen-bond donors (Lipinski definition) is 1. The molecule has 3 aliphatic rings. The second-order valence-corrected chi connectivity index (χ2v) is 6.99. The van der Waals surface area contributed by atoms with E-state index in [4.69, 9.17) is 9.47 Å². The maximum atomic E-state index is 6.20. The zero-order valence-corrected chi connectivity index (χ0v) is 12.4. The lowest BCUT2D eigenvalue weighted by Crippen LogP contribution is -2.55. The molecule has 3 heterocycles. The quantitative estimate of drug-likeness (QED) is 0.792. The van der Waals surface area contributed by atoms with E-state index in [1.165, 1.54) is 45.1 Å². The average molecular weight is 267 g/mol. The van der Waals surface area contributed by atoms with Crippen LogP contribution in [0.5, 0.6) is 0 Å². The summed E-state index contributed by atoms with van der Waals surface area (Å²) >= 11 is 0. The molecule has 1 spiro atoms. The highest BCUT2D eigenvalue weighted by Gasteiger charge is 2.45. The fourth-order valence-electron chi connectivity index (χ4n) is 4.27. The minimum absolute atomic E-state index is 0.137. The number of ether oxygens (including phenoxy) is 2. The van der Waals surface area contributed by atoms with Crippen molar-refractivity contribution in [3.8, 4) is 0 Å². The molecule has 3 heteroatoms. The summed E-state index contributed by atoms with van der Waals surface area (Å²) in [5, 5.41) is 3.86. The fraction of sp³-hybridized carbons (Fsp3) is 1.00. The Morgan fingerprint density at radius 1 is 1.00 bits per heavy atom. The Balaban J connectivity index is 1.69. The van der Waals surface area contributed by atoms with Crippen LogP contribution in [0, 0.1) is 5.92 Å². The third-order valence-electron chi connectivity index (χ3n) is 5.70. The van der Waals surface area contributed by atoms with Gasteiger partial charge in [0.05, 0.1) is 5.60 Å². The first kappa shape index (κ1) is 13.8. The first-order valence-electron chi connectivity index (χ1n) is 8.19. The van der Waals surface area contributed by atoms with Crippen molar-refractivity contribution in [2.75, 3.05) is 26.4 Å². The average Bonchev–Trinajstić information content (AvgIpc) is 2.66. The van der Waals surface area contributed by atoms with Gasteiger partial charge in [0.25, 0.3) is 0 Å². The first-order valence-corrected chi connectivity index (χ1v) is 8.19. The topological polar surface area (TPSA) is 30.5 Å². The van der Waals surface area contributed by atoms with Gasteiger partial charge in [-0.3, -0.25) is 0 Å². The number of rotatable bonds is 1. The van der Waals surface area contributed by atoms with Crippen LogP contribution in [-0.4, -0.2) is 37.5 Å². The zero-order valence-electron chi connectivity index (χ0n) is 12.4. The molecule has 3 aliphatic heterocycles. The van der Waals surface area contributed by atoms with Gasteiger partial charge in [0, 0.05) is 25.4 Å². The van der Waals surface area contributed by atoms with Crippen LogP contribution in [0.15, 0.2) is 0 Å². The molecule has 0 aromatic carbocycles. The van der Waals surface area contributed by atoms with Crippen LogP contribution in [0.4, 0.5) is 0 Å². The number of nitrogens with one attached hydrogen (secondary N) is 1. The lowest BCUT2D eigenvalue weighted by molar-refractivity contribution is -0.155. The van der Waals surface area contributed by atoms with E-state index < -0.39 is 0 Å². The SMILES string of the molecule is CC1(C2CCOC3(CCOCC3)C2)CCCCCN1. The fourth-order valence-corrected chi connectivity index (χ4v) is 4.27. The Morgan fingerprint density at radius 3 is 2.68 bits per heavy atom. The highest BCUT2D eigenvalue weighted by molar-refractivity contribution is 4.99. The summed E-state index contributed by atoms with van der Waals surface area (Å²) in [6, 6.07) is 0. The minimum Gasteiger partial charge on any atom is -0.381 e. The lowest BCUT2D eigenvalue weighted by atomic mass is 9.71. The van der Waals surface area contributed by atoms with Gasteiger partial charge < -0.3 is 14.8 Å². The predicted molar refractivity (Wildman–Crippen MR) is 76.3 cm³/mol. The van der Waals surface area contributed by atoms with E-state index in [0.29, 0.717) is 5.54 Å². The second-order valence-electron chi connectivity index (χ2n) is 6.99. The van der Waals surface area contributed by atoms with Crippen LogP contribution >= 0.6 is 0 Å². The molecule has 0 bridgehead atoms. The molecule has 3 nitrogen and oxygen atoms in total. The summed E-state index contributed by atoms with van der Waals surface area (Å²) in [5.41, 5.74) is 0.476. The molecule has 2 atom stereocenters. The molecular weight excluding hydrogens is 238 g/mol. The van der Waals surface area contributed by atoms with Crippen molar-refractivity contribution in [2.45, 2.75) is 69.4 Å². The Kier molecular flexibility index (Phi) is 4.16. The van der Waals surface area contributed by atoms with Crippen LogP contribution in [-0.2, 0) is 9.47 Å². The lowest BCUT2D eigenvalue weighted by Gasteiger charge is -2.49. The molecule has 0 aliphatic carbocycles. The molecule has 3 saturated heterocycles. The van der Waals surface area contributed by atoms with Gasteiger partial charge >= 0.3 is 0 Å². The standard InChI is InChI=1S/C16H29NO2/c1-15(6-3-2-4-9-17-15)14-5-10-19-16(13-14)7-11-18-12-8-16/h14,17H,2-13H2,1H3. The molecule has 3 rings (SSSR count). The maximum absolute atomic E-state index is 6.20. The highest BCUT2D eigenvalue weighted by atomic mass is 16.5. The third-order valence-corrected chi connectivity index (χ3v) is 5.70. The summed E-state index contributed by atoms with van der Waals surface area (Å²) in [4.78, 5) is 0. The van der Waals surface area contributed by atoms with Gasteiger partial charge in [-0.15, -0.1) is 0 Å². The highest BCUT2D eigenvalue weighted by Crippen LogP contribution is 2.42. The van der Waals surface area contributed by atoms with Crippen molar-refractivity contribution in [2.24, 2.45) is 5.92 Å². The van der Waals surface area contributed by atoms with Crippen LogP contribution in [0.3, 0.4) is 0 Å². The largest absolute Gasteiger partial charge is 0.381 e. The van der Waals surface area contributed by atoms with Crippen LogP contribution < -0.4 is 5.32 Å². The Labute approximate surface area is 117 Å². The summed E-state index contributed by atoms with van der Waals surface area (Å²) < 4.78 is 11.7. The van der Waals surface area contributed by atoms with Crippen molar-refractivity contribution in [1.82, 2.24) is 5.32 Å². The zero-order chi connectivity index (χ0) is 13.2. The molecule has 0 aromatic heterocycles. The van der Waals surface area contributed by atoms with Gasteiger partial charge in [-0.2, -0.15) is 0 Å². The molecule has 0 radical (unpaired) electrons. The van der Waals surface area contributed by atoms with Crippen molar-refractivity contribution in [1.29, 1.82) is 0 Å². The van der Waals surface area contributed by atoms with Crippen molar-refractivity contribution < 1.29 is 9.47 Å². The maximum Gasteiger partial charge on any atom is 0.0729 e. The minimum atomic E-state index is 0.137. The van der Waals surface area contributed by atoms with Gasteiger partial charge in [0.1, 0.15) is 0 Å². The van der Waals surface area contributed by atoms with Crippen molar-refractivity contribution in [3.05, 3.63) is 0 Å². The molecule has 1 N–H and O–H groups in total. The normalized spacial score (nSPS) is 39.9. The second kappa shape index (κ2) is 5.71. The van der Waals surface area contributed by atoms with E-state index >= 15 is 0 Å². The van der Waals surface area contributed by atoms with E-state index in [9.17, 15) is 0 Å². The molecule has 110 valence electrons. The molecule has 2 unspecified atom stereocenters. The van der Waals surface area contributed by atoms with E-state index in [-0.39, 0.29) is 5.60 Å². The molecule has 0 saturated carbocycles. The Bertz CT molecular complexity index is 286. The van der Waals surface area contributed by atoms with Gasteiger partial charge in [-0.1, -0.05) is 12.8 Å². The molecular formula is C16H29NO2. The van der Waals surface area contributed by atoms with Gasteiger partial charge in [-0.25, -0.2) is 0 Å². The van der Waals surface area contributed by atoms with Crippen LogP contribution in [0.25, 0.3) is 0 Å². The molecule has 0 aromatic rings. The van der Waals surface area contributed by atoms with E-state index in [0.717, 1.165) is 38.6 Å². The van der Waals surface area contributed by atoms with Gasteiger partial charge in [0.2, 0.25) is 0 Å². The first-order chi connectivity index (χ1) is 9.23. The molecule has 0 amide bonds. The van der Waals surface area contributed by atoms with Crippen LogP contribution in [0.1, 0.15) is 58.3 Å². The summed E-state index contributed by atoms with van der Waals surface area (Å²) in [6.07, 6.45) is 10.1. The Morgan fingerprint density at radius 2 is 1.84 bits per heavy atom. The van der Waals surface area contributed by atoms with Gasteiger partial charge in [0.15, 0.2) is 0 Å². The van der Waals surface area contributed by atoms with Crippen LogP contribution in [0.2, 0.25) is 0 Å². The molecule has 19 heavy (non-hydrogen) atoms. The third kappa shape index (κ3) is 2.98. The summed E-state index contributed by atoms with van der Waals surface area (Å²) in [7, 11) is 0. The van der Waals surface area contributed by atoms with Crippen molar-refractivity contribution in [3.63, 3.8) is 0 Å². The summed E-state index contributed by atoms with van der Waals surface area (Å²) in [6.45, 7) is 6.38. The summed E-state index contributed by atoms with van der Waals surface area (Å²) in [5.74, 6) is 0.775. The Hall–Kier alpha value is -0.120. The monoisotopic (exact) mass is 267 g/mol. The smallest absolute Gasteiger partial charge is 0.0729 e. The van der Waals surface area contributed by atoms with E-state index in [2.05, 4.69) is 12.2 Å². The molecule has 3 fully saturated rings. The van der Waals surface area contributed by atoms with E-state index in [1.807, 2.05) is 0 Å². The van der Waals surface area contributed by atoms with E-state index in [1.54, 1.807) is 0 Å². The van der Waals surface area contributed by atoms with Gasteiger partial charge in [-0.05, 0) is 57.9 Å².